The zero-order valence-corrected chi connectivity index (χ0v) is 18.1. The van der Waals surface area contributed by atoms with E-state index in [2.05, 4.69) is 17.4 Å². The number of hydrogen-bond acceptors (Lipinski definition) is 3. The Labute approximate surface area is 178 Å². The number of rotatable bonds is 8. The van der Waals surface area contributed by atoms with E-state index in [4.69, 9.17) is 0 Å². The number of carbonyl (C=O) groups excluding carboxylic acids is 1. The first kappa shape index (κ1) is 22.4. The molecule has 0 aliphatic carbocycles. The SMILES string of the molecule is CC(CCc1ccccc1)NC(=O)C1CCN(S(=O)(=O)Cc2ccccc2F)CC1. The number of amides is 1. The summed E-state index contributed by atoms with van der Waals surface area (Å²) in [4.78, 5) is 12.6. The lowest BCUT2D eigenvalue weighted by Gasteiger charge is -2.31. The smallest absolute Gasteiger partial charge is 0.223 e. The van der Waals surface area contributed by atoms with Crippen LogP contribution in [0.15, 0.2) is 54.6 Å². The minimum absolute atomic E-state index is 0.0123. The van der Waals surface area contributed by atoms with Crippen molar-refractivity contribution in [1.82, 2.24) is 9.62 Å². The minimum atomic E-state index is -3.61. The van der Waals surface area contributed by atoms with Crippen molar-refractivity contribution in [3.05, 3.63) is 71.5 Å². The van der Waals surface area contributed by atoms with Gasteiger partial charge in [-0.15, -0.1) is 0 Å². The van der Waals surface area contributed by atoms with Crippen LogP contribution in [0.3, 0.4) is 0 Å². The molecule has 0 bridgehead atoms. The highest BCUT2D eigenvalue weighted by Gasteiger charge is 2.31. The third-order valence-electron chi connectivity index (χ3n) is 5.61. The first-order valence-electron chi connectivity index (χ1n) is 10.4. The van der Waals surface area contributed by atoms with Gasteiger partial charge in [-0.05, 0) is 44.2 Å². The molecule has 5 nitrogen and oxygen atoms in total. The van der Waals surface area contributed by atoms with Crippen LogP contribution in [0, 0.1) is 11.7 Å². The molecule has 0 aromatic heterocycles. The maximum Gasteiger partial charge on any atom is 0.223 e. The van der Waals surface area contributed by atoms with E-state index in [0.29, 0.717) is 12.8 Å². The number of piperidine rings is 1. The molecule has 162 valence electrons. The van der Waals surface area contributed by atoms with E-state index in [-0.39, 0.29) is 42.3 Å². The summed E-state index contributed by atoms with van der Waals surface area (Å²) in [6.45, 7) is 2.56. The van der Waals surface area contributed by atoms with Crippen molar-refractivity contribution in [2.45, 2.75) is 44.4 Å². The van der Waals surface area contributed by atoms with Gasteiger partial charge in [-0.3, -0.25) is 4.79 Å². The predicted molar refractivity (Wildman–Crippen MR) is 116 cm³/mol. The van der Waals surface area contributed by atoms with E-state index in [1.54, 1.807) is 6.07 Å². The Balaban J connectivity index is 1.46. The molecule has 1 aliphatic rings. The highest BCUT2D eigenvalue weighted by Crippen LogP contribution is 2.23. The van der Waals surface area contributed by atoms with Crippen molar-refractivity contribution in [3.8, 4) is 0 Å². The van der Waals surface area contributed by atoms with Gasteiger partial charge in [0.1, 0.15) is 5.82 Å². The molecule has 1 fully saturated rings. The van der Waals surface area contributed by atoms with Crippen LogP contribution in [-0.4, -0.2) is 37.8 Å². The van der Waals surface area contributed by atoms with Gasteiger partial charge in [0.05, 0.1) is 5.75 Å². The van der Waals surface area contributed by atoms with Gasteiger partial charge in [0.15, 0.2) is 0 Å². The number of nitrogens with one attached hydrogen (secondary N) is 1. The fourth-order valence-corrected chi connectivity index (χ4v) is 5.34. The fraction of sp³-hybridized carbons (Fsp3) is 0.435. The number of halogens is 1. The number of nitrogens with zero attached hydrogens (tertiary/aromatic N) is 1. The van der Waals surface area contributed by atoms with Crippen LogP contribution in [0.1, 0.15) is 37.3 Å². The van der Waals surface area contributed by atoms with Crippen molar-refractivity contribution >= 4 is 15.9 Å². The van der Waals surface area contributed by atoms with Crippen molar-refractivity contribution in [3.63, 3.8) is 0 Å². The number of hydrogen-bond donors (Lipinski definition) is 1. The molecule has 2 aromatic rings. The van der Waals surface area contributed by atoms with E-state index in [1.165, 1.54) is 28.1 Å². The third kappa shape index (κ3) is 6.12. The van der Waals surface area contributed by atoms with Crippen LogP contribution >= 0.6 is 0 Å². The lowest BCUT2D eigenvalue weighted by molar-refractivity contribution is -0.126. The Morgan fingerprint density at radius 1 is 1.10 bits per heavy atom. The number of carbonyl (C=O) groups is 1. The summed E-state index contributed by atoms with van der Waals surface area (Å²) < 4.78 is 40.5. The highest BCUT2D eigenvalue weighted by molar-refractivity contribution is 7.88. The normalized spacial score (nSPS) is 16.9. The Morgan fingerprint density at radius 2 is 1.73 bits per heavy atom. The summed E-state index contributed by atoms with van der Waals surface area (Å²) in [7, 11) is -3.61. The molecule has 30 heavy (non-hydrogen) atoms. The quantitative estimate of drug-likeness (QED) is 0.694. The summed E-state index contributed by atoms with van der Waals surface area (Å²) in [5.74, 6) is -1.07. The maximum absolute atomic E-state index is 13.8. The van der Waals surface area contributed by atoms with Gasteiger partial charge in [0.2, 0.25) is 15.9 Å². The van der Waals surface area contributed by atoms with Crippen LogP contribution in [0.2, 0.25) is 0 Å². The molecule has 1 unspecified atom stereocenters. The van der Waals surface area contributed by atoms with E-state index < -0.39 is 15.8 Å². The van der Waals surface area contributed by atoms with Crippen LogP contribution in [0.5, 0.6) is 0 Å². The molecule has 1 heterocycles. The van der Waals surface area contributed by atoms with Crippen molar-refractivity contribution in [2.75, 3.05) is 13.1 Å². The van der Waals surface area contributed by atoms with Gasteiger partial charge < -0.3 is 5.32 Å². The molecule has 0 radical (unpaired) electrons. The Morgan fingerprint density at radius 3 is 2.40 bits per heavy atom. The van der Waals surface area contributed by atoms with E-state index in [1.807, 2.05) is 25.1 Å². The van der Waals surface area contributed by atoms with Crippen LogP contribution in [0.4, 0.5) is 4.39 Å². The molecular formula is C23H29FN2O3S. The second-order valence-electron chi connectivity index (χ2n) is 7.95. The first-order chi connectivity index (χ1) is 14.3. The second-order valence-corrected chi connectivity index (χ2v) is 9.92. The second kappa shape index (κ2) is 10.2. The van der Waals surface area contributed by atoms with Crippen molar-refractivity contribution in [1.29, 1.82) is 0 Å². The average Bonchev–Trinajstić information content (AvgIpc) is 2.74. The zero-order valence-electron chi connectivity index (χ0n) is 17.3. The summed E-state index contributed by atoms with van der Waals surface area (Å²) >= 11 is 0. The number of aryl methyl sites for hydroxylation is 1. The van der Waals surface area contributed by atoms with Gasteiger partial charge in [0, 0.05) is 30.6 Å². The standard InChI is InChI=1S/C23H29FN2O3S/c1-18(11-12-19-7-3-2-4-8-19)25-23(27)20-13-15-26(16-14-20)30(28,29)17-21-9-5-6-10-22(21)24/h2-10,18,20H,11-17H2,1H3,(H,25,27). The number of benzene rings is 2. The minimum Gasteiger partial charge on any atom is -0.353 e. The van der Waals surface area contributed by atoms with Crippen LogP contribution in [-0.2, 0) is 27.0 Å². The molecular weight excluding hydrogens is 403 g/mol. The topological polar surface area (TPSA) is 66.5 Å². The van der Waals surface area contributed by atoms with E-state index >= 15 is 0 Å². The first-order valence-corrected chi connectivity index (χ1v) is 12.0. The Kier molecular flexibility index (Phi) is 7.61. The summed E-state index contributed by atoms with van der Waals surface area (Å²) in [5, 5.41) is 3.06. The summed E-state index contributed by atoms with van der Waals surface area (Å²) in [6, 6.07) is 16.1. The Bertz CT molecular complexity index is 942. The lowest BCUT2D eigenvalue weighted by atomic mass is 9.96. The molecule has 7 heteroatoms. The number of sulfonamides is 1. The van der Waals surface area contributed by atoms with E-state index in [9.17, 15) is 17.6 Å². The van der Waals surface area contributed by atoms with Gasteiger partial charge in [0.25, 0.3) is 0 Å². The van der Waals surface area contributed by atoms with E-state index in [0.717, 1.165) is 12.8 Å². The Hall–Kier alpha value is -2.25. The molecule has 2 aromatic carbocycles. The molecule has 0 spiro atoms. The largest absolute Gasteiger partial charge is 0.353 e. The van der Waals surface area contributed by atoms with Crippen LogP contribution in [0.25, 0.3) is 0 Å². The molecule has 1 amide bonds. The van der Waals surface area contributed by atoms with Gasteiger partial charge in [-0.1, -0.05) is 48.5 Å². The van der Waals surface area contributed by atoms with Crippen molar-refractivity contribution in [2.24, 2.45) is 5.92 Å². The average molecular weight is 433 g/mol. The fourth-order valence-electron chi connectivity index (χ4n) is 3.76. The van der Waals surface area contributed by atoms with Gasteiger partial charge in [-0.2, -0.15) is 0 Å². The third-order valence-corrected chi connectivity index (χ3v) is 7.44. The summed E-state index contributed by atoms with van der Waals surface area (Å²) in [5.41, 5.74) is 1.41. The highest BCUT2D eigenvalue weighted by atomic mass is 32.2. The maximum atomic E-state index is 13.8. The molecule has 1 aliphatic heterocycles. The van der Waals surface area contributed by atoms with Crippen molar-refractivity contribution < 1.29 is 17.6 Å². The molecule has 1 N–H and O–H groups in total. The molecule has 1 saturated heterocycles. The molecule has 1 atom stereocenters. The zero-order chi connectivity index (χ0) is 21.6. The predicted octanol–water partition coefficient (Wildman–Crippen LogP) is 3.51. The lowest BCUT2D eigenvalue weighted by Crippen LogP contribution is -2.45. The van der Waals surface area contributed by atoms with Gasteiger partial charge in [-0.25, -0.2) is 17.1 Å². The van der Waals surface area contributed by atoms with Gasteiger partial charge >= 0.3 is 0 Å². The summed E-state index contributed by atoms with van der Waals surface area (Å²) in [6.07, 6.45) is 2.71. The molecule has 3 rings (SSSR count). The van der Waals surface area contributed by atoms with Crippen LogP contribution < -0.4 is 5.32 Å². The monoisotopic (exact) mass is 432 g/mol. The molecule has 0 saturated carbocycles.